The van der Waals surface area contributed by atoms with Crippen molar-refractivity contribution in [2.45, 2.75) is 0 Å². The Hall–Kier alpha value is -2.62. The third kappa shape index (κ3) is 1.84. The summed E-state index contributed by atoms with van der Waals surface area (Å²) in [4.78, 5) is 0. The lowest BCUT2D eigenvalue weighted by Gasteiger charge is -2.07. The van der Waals surface area contributed by atoms with Crippen LogP contribution in [0.15, 0.2) is 54.7 Å². The van der Waals surface area contributed by atoms with Crippen LogP contribution in [0.25, 0.3) is 22.4 Å². The van der Waals surface area contributed by atoms with Gasteiger partial charge in [-0.3, -0.25) is 5.10 Å². The SMILES string of the molecule is Oc1ccc(-c2ccccc2-c2c[nH]nn2)cc1. The van der Waals surface area contributed by atoms with Gasteiger partial charge >= 0.3 is 0 Å². The number of aromatic hydroxyl groups is 1. The Morgan fingerprint density at radius 3 is 2.28 bits per heavy atom. The zero-order valence-electron chi connectivity index (χ0n) is 9.54. The first-order chi connectivity index (χ1) is 8.84. The van der Waals surface area contributed by atoms with E-state index in [0.29, 0.717) is 0 Å². The van der Waals surface area contributed by atoms with Gasteiger partial charge in [-0.25, -0.2) is 0 Å². The van der Waals surface area contributed by atoms with Crippen molar-refractivity contribution < 1.29 is 5.11 Å². The molecule has 0 bridgehead atoms. The van der Waals surface area contributed by atoms with Crippen LogP contribution in [0, 0.1) is 0 Å². The second kappa shape index (κ2) is 4.33. The summed E-state index contributed by atoms with van der Waals surface area (Å²) in [6.07, 6.45) is 1.76. The Kier molecular flexibility index (Phi) is 2.53. The third-order valence-electron chi connectivity index (χ3n) is 2.80. The van der Waals surface area contributed by atoms with Crippen molar-refractivity contribution in [2.75, 3.05) is 0 Å². The van der Waals surface area contributed by atoms with Gasteiger partial charge in [-0.2, -0.15) is 0 Å². The zero-order valence-corrected chi connectivity index (χ0v) is 9.54. The molecule has 4 nitrogen and oxygen atoms in total. The van der Waals surface area contributed by atoms with E-state index < -0.39 is 0 Å². The van der Waals surface area contributed by atoms with E-state index in [1.54, 1.807) is 18.3 Å². The number of phenolic OH excluding ortho intramolecular Hbond substituents is 1. The number of hydrogen-bond donors (Lipinski definition) is 2. The molecule has 0 radical (unpaired) electrons. The lowest BCUT2D eigenvalue weighted by Crippen LogP contribution is -1.85. The Labute approximate surface area is 104 Å². The molecule has 3 aromatic rings. The highest BCUT2D eigenvalue weighted by Gasteiger charge is 2.08. The summed E-state index contributed by atoms with van der Waals surface area (Å²) in [5.74, 6) is 0.262. The number of hydrogen-bond acceptors (Lipinski definition) is 3. The third-order valence-corrected chi connectivity index (χ3v) is 2.80. The molecule has 1 aromatic heterocycles. The molecule has 0 fully saturated rings. The van der Waals surface area contributed by atoms with E-state index in [1.807, 2.05) is 36.4 Å². The quantitative estimate of drug-likeness (QED) is 0.720. The van der Waals surface area contributed by atoms with Crippen LogP contribution in [0.1, 0.15) is 0 Å². The first-order valence-corrected chi connectivity index (χ1v) is 5.60. The summed E-state index contributed by atoms with van der Waals surface area (Å²) in [6.45, 7) is 0. The van der Waals surface area contributed by atoms with Crippen molar-refractivity contribution in [3.8, 4) is 28.1 Å². The molecule has 2 aromatic carbocycles. The zero-order chi connectivity index (χ0) is 12.4. The highest BCUT2D eigenvalue weighted by molar-refractivity contribution is 5.81. The van der Waals surface area contributed by atoms with E-state index in [2.05, 4.69) is 15.4 Å². The van der Waals surface area contributed by atoms with E-state index in [9.17, 15) is 5.11 Å². The van der Waals surface area contributed by atoms with Gasteiger partial charge in [0.1, 0.15) is 11.4 Å². The van der Waals surface area contributed by atoms with E-state index in [4.69, 9.17) is 0 Å². The minimum Gasteiger partial charge on any atom is -0.508 e. The van der Waals surface area contributed by atoms with Crippen LogP contribution in [0.5, 0.6) is 5.75 Å². The molecule has 3 rings (SSSR count). The summed E-state index contributed by atoms with van der Waals surface area (Å²) >= 11 is 0. The number of aromatic amines is 1. The van der Waals surface area contributed by atoms with Gasteiger partial charge in [0.25, 0.3) is 0 Å². The highest BCUT2D eigenvalue weighted by Crippen LogP contribution is 2.31. The first-order valence-electron chi connectivity index (χ1n) is 5.60. The standard InChI is InChI=1S/C14H11N3O/c18-11-7-5-10(6-8-11)12-3-1-2-4-13(12)14-9-15-17-16-14/h1-9,18H,(H,15,16,17). The summed E-state index contributed by atoms with van der Waals surface area (Å²) < 4.78 is 0. The average Bonchev–Trinajstić information content (AvgIpc) is 2.93. The topological polar surface area (TPSA) is 61.8 Å². The molecule has 0 aliphatic carbocycles. The molecular formula is C14H11N3O. The van der Waals surface area contributed by atoms with Gasteiger partial charge in [-0.1, -0.05) is 41.6 Å². The molecule has 0 aliphatic rings. The van der Waals surface area contributed by atoms with Crippen molar-refractivity contribution in [2.24, 2.45) is 0 Å². The fourth-order valence-electron chi connectivity index (χ4n) is 1.93. The summed E-state index contributed by atoms with van der Waals surface area (Å²) in [5, 5.41) is 19.8. The largest absolute Gasteiger partial charge is 0.508 e. The Morgan fingerprint density at radius 1 is 0.889 bits per heavy atom. The van der Waals surface area contributed by atoms with E-state index in [1.165, 1.54) is 0 Å². The van der Waals surface area contributed by atoms with Crippen molar-refractivity contribution >= 4 is 0 Å². The molecule has 0 saturated carbocycles. The molecule has 88 valence electrons. The van der Waals surface area contributed by atoms with Gasteiger partial charge in [-0.15, -0.1) is 5.10 Å². The number of nitrogens with one attached hydrogen (secondary N) is 1. The van der Waals surface area contributed by atoms with Gasteiger partial charge in [0.2, 0.25) is 0 Å². The van der Waals surface area contributed by atoms with Crippen LogP contribution in [0.3, 0.4) is 0 Å². The van der Waals surface area contributed by atoms with Gasteiger partial charge in [0, 0.05) is 5.56 Å². The smallest absolute Gasteiger partial charge is 0.115 e. The van der Waals surface area contributed by atoms with Gasteiger partial charge in [-0.05, 0) is 23.3 Å². The van der Waals surface area contributed by atoms with Gasteiger partial charge in [0.05, 0.1) is 6.20 Å². The molecule has 0 spiro atoms. The van der Waals surface area contributed by atoms with Gasteiger partial charge in [0.15, 0.2) is 0 Å². The minimum atomic E-state index is 0.262. The van der Waals surface area contributed by atoms with E-state index in [0.717, 1.165) is 22.4 Å². The van der Waals surface area contributed by atoms with Crippen molar-refractivity contribution in [3.63, 3.8) is 0 Å². The van der Waals surface area contributed by atoms with Crippen molar-refractivity contribution in [1.82, 2.24) is 15.4 Å². The first kappa shape index (κ1) is 10.5. The lowest BCUT2D eigenvalue weighted by atomic mass is 9.98. The van der Waals surface area contributed by atoms with Crippen LogP contribution < -0.4 is 0 Å². The summed E-state index contributed by atoms with van der Waals surface area (Å²) in [6, 6.07) is 15.1. The maximum Gasteiger partial charge on any atom is 0.115 e. The molecule has 0 saturated heterocycles. The van der Waals surface area contributed by atoms with Crippen LogP contribution in [0.4, 0.5) is 0 Å². The fourth-order valence-corrected chi connectivity index (χ4v) is 1.93. The molecule has 0 atom stereocenters. The Morgan fingerprint density at radius 2 is 1.61 bits per heavy atom. The van der Waals surface area contributed by atoms with Crippen LogP contribution >= 0.6 is 0 Å². The van der Waals surface area contributed by atoms with Crippen LogP contribution in [0.2, 0.25) is 0 Å². The molecular weight excluding hydrogens is 226 g/mol. The van der Waals surface area contributed by atoms with Crippen LogP contribution in [-0.4, -0.2) is 20.5 Å². The molecule has 0 aliphatic heterocycles. The Balaban J connectivity index is 2.15. The average molecular weight is 237 g/mol. The number of nitrogens with zero attached hydrogens (tertiary/aromatic N) is 2. The second-order valence-electron chi connectivity index (χ2n) is 3.95. The second-order valence-corrected chi connectivity index (χ2v) is 3.95. The molecule has 0 unspecified atom stereocenters. The number of phenols is 1. The van der Waals surface area contributed by atoms with E-state index in [-0.39, 0.29) is 5.75 Å². The Bertz CT molecular complexity index is 645. The number of aromatic nitrogens is 3. The molecule has 0 amide bonds. The minimum absolute atomic E-state index is 0.262. The molecule has 4 heteroatoms. The fraction of sp³-hybridized carbons (Fsp3) is 0. The maximum absolute atomic E-state index is 9.33. The maximum atomic E-state index is 9.33. The highest BCUT2D eigenvalue weighted by atomic mass is 16.3. The van der Waals surface area contributed by atoms with Crippen molar-refractivity contribution in [3.05, 3.63) is 54.7 Å². The van der Waals surface area contributed by atoms with E-state index >= 15 is 0 Å². The monoisotopic (exact) mass is 237 g/mol. The van der Waals surface area contributed by atoms with Crippen molar-refractivity contribution in [1.29, 1.82) is 0 Å². The van der Waals surface area contributed by atoms with Gasteiger partial charge < -0.3 is 5.11 Å². The predicted octanol–water partition coefficient (Wildman–Crippen LogP) is 2.84. The number of benzene rings is 2. The number of H-pyrrole nitrogens is 1. The molecule has 18 heavy (non-hydrogen) atoms. The summed E-state index contributed by atoms with van der Waals surface area (Å²) in [5.41, 5.74) is 3.91. The summed E-state index contributed by atoms with van der Waals surface area (Å²) in [7, 11) is 0. The number of rotatable bonds is 2. The molecule has 2 N–H and O–H groups in total. The van der Waals surface area contributed by atoms with Crippen LogP contribution in [-0.2, 0) is 0 Å². The lowest BCUT2D eigenvalue weighted by molar-refractivity contribution is 0.475. The molecule has 1 heterocycles. The normalized spacial score (nSPS) is 10.4. The predicted molar refractivity (Wildman–Crippen MR) is 68.9 cm³/mol.